The van der Waals surface area contributed by atoms with E-state index in [0.29, 0.717) is 22.3 Å². The van der Waals surface area contributed by atoms with Crippen LogP contribution in [0.15, 0.2) is 77.0 Å². The van der Waals surface area contributed by atoms with Crippen molar-refractivity contribution in [3.8, 4) is 22.8 Å². The molecule has 1 aromatic heterocycles. The van der Waals surface area contributed by atoms with Crippen molar-refractivity contribution in [2.24, 2.45) is 5.10 Å². The van der Waals surface area contributed by atoms with E-state index >= 15 is 0 Å². The molecule has 0 aliphatic heterocycles. The van der Waals surface area contributed by atoms with Crippen molar-refractivity contribution in [2.75, 3.05) is 12.9 Å². The molecular weight excluding hydrogens is 552 g/mol. The third-order valence-corrected chi connectivity index (χ3v) is 7.12. The van der Waals surface area contributed by atoms with Crippen molar-refractivity contribution < 1.29 is 14.5 Å². The third-order valence-electron chi connectivity index (χ3n) is 5.88. The molecular formula is C28H27ClN6O4S. The number of nitrogens with one attached hydrogen (secondary N) is 1. The monoisotopic (exact) mass is 578 g/mol. The first-order chi connectivity index (χ1) is 19.1. The first kappa shape index (κ1) is 28.8. The van der Waals surface area contributed by atoms with Crippen molar-refractivity contribution in [3.05, 3.63) is 93.0 Å². The molecule has 0 aliphatic rings. The Balaban J connectivity index is 1.53. The van der Waals surface area contributed by atoms with Crippen LogP contribution >= 0.6 is 23.4 Å². The average Bonchev–Trinajstić information content (AvgIpc) is 3.36. The molecule has 0 radical (unpaired) electrons. The largest absolute Gasteiger partial charge is 0.497 e. The summed E-state index contributed by atoms with van der Waals surface area (Å²) >= 11 is 7.04. The maximum atomic E-state index is 12.5. The fourth-order valence-electron chi connectivity index (χ4n) is 3.72. The smallest absolute Gasteiger partial charge is 0.288 e. The number of nitro benzene ring substituents is 1. The van der Waals surface area contributed by atoms with Gasteiger partial charge in [0.25, 0.3) is 11.6 Å². The van der Waals surface area contributed by atoms with Crippen LogP contribution in [0.5, 0.6) is 5.75 Å². The molecule has 0 bridgehead atoms. The molecule has 0 atom stereocenters. The van der Waals surface area contributed by atoms with Gasteiger partial charge in [0.1, 0.15) is 10.8 Å². The Bertz CT molecular complexity index is 1550. The predicted octanol–water partition coefficient (Wildman–Crippen LogP) is 6.04. The van der Waals surface area contributed by atoms with Crippen molar-refractivity contribution in [1.29, 1.82) is 0 Å². The minimum atomic E-state index is -0.582. The number of methoxy groups -OCH3 is 1. The number of benzene rings is 3. The van der Waals surface area contributed by atoms with E-state index in [0.717, 1.165) is 11.3 Å². The molecule has 1 heterocycles. The van der Waals surface area contributed by atoms with Crippen LogP contribution in [0.4, 0.5) is 5.69 Å². The van der Waals surface area contributed by atoms with E-state index < -0.39 is 4.92 Å². The van der Waals surface area contributed by atoms with Crippen LogP contribution in [-0.2, 0) is 10.2 Å². The van der Waals surface area contributed by atoms with Gasteiger partial charge in [0.05, 0.1) is 24.0 Å². The summed E-state index contributed by atoms with van der Waals surface area (Å²) in [6, 6.07) is 19.9. The minimum Gasteiger partial charge on any atom is -0.497 e. The lowest BCUT2D eigenvalue weighted by molar-refractivity contribution is -0.384. The van der Waals surface area contributed by atoms with Crippen LogP contribution in [0.25, 0.3) is 17.1 Å². The molecule has 40 heavy (non-hydrogen) atoms. The Morgan fingerprint density at radius 2 is 1.82 bits per heavy atom. The molecule has 1 amide bonds. The highest BCUT2D eigenvalue weighted by Crippen LogP contribution is 2.31. The highest BCUT2D eigenvalue weighted by Gasteiger charge is 2.19. The summed E-state index contributed by atoms with van der Waals surface area (Å²) in [6.45, 7) is 6.47. The highest BCUT2D eigenvalue weighted by molar-refractivity contribution is 7.99. The van der Waals surface area contributed by atoms with E-state index in [4.69, 9.17) is 16.3 Å². The molecule has 206 valence electrons. The molecule has 0 aliphatic carbocycles. The number of hydrazone groups is 1. The number of carbonyl (C=O) groups is 1. The van der Waals surface area contributed by atoms with E-state index in [1.807, 2.05) is 41.0 Å². The Kier molecular flexibility index (Phi) is 8.86. The first-order valence-electron chi connectivity index (χ1n) is 12.2. The molecule has 10 nitrogen and oxygen atoms in total. The van der Waals surface area contributed by atoms with Crippen molar-refractivity contribution >= 4 is 41.2 Å². The summed E-state index contributed by atoms with van der Waals surface area (Å²) in [7, 11) is 1.60. The third kappa shape index (κ3) is 6.85. The first-order valence-corrected chi connectivity index (χ1v) is 13.5. The van der Waals surface area contributed by atoms with Crippen molar-refractivity contribution in [1.82, 2.24) is 20.2 Å². The SMILES string of the molecule is COc1ccc(-n2c(SCC(=O)N/N=C\c3ccc(Cl)c([N+](=O)[O-])c3)nnc2-c2ccc(C(C)(C)C)cc2)cc1. The molecule has 12 heteroatoms. The van der Waals surface area contributed by atoms with Gasteiger partial charge in [0.2, 0.25) is 0 Å². The molecule has 3 aromatic carbocycles. The molecule has 1 N–H and O–H groups in total. The van der Waals surface area contributed by atoms with Crippen LogP contribution in [0, 0.1) is 10.1 Å². The summed E-state index contributed by atoms with van der Waals surface area (Å²) in [6.07, 6.45) is 1.31. The number of thioether (sulfide) groups is 1. The number of ether oxygens (including phenoxy) is 1. The van der Waals surface area contributed by atoms with Crippen molar-refractivity contribution in [2.45, 2.75) is 31.3 Å². The second kappa shape index (κ2) is 12.3. The zero-order chi connectivity index (χ0) is 28.9. The molecule has 0 spiro atoms. The summed E-state index contributed by atoms with van der Waals surface area (Å²) in [5.41, 5.74) is 5.52. The molecule has 0 saturated heterocycles. The summed E-state index contributed by atoms with van der Waals surface area (Å²) in [5, 5.41) is 24.3. The van der Waals surface area contributed by atoms with Crippen LogP contribution < -0.4 is 10.2 Å². The Morgan fingerprint density at radius 3 is 2.45 bits per heavy atom. The topological polar surface area (TPSA) is 125 Å². The fourth-order valence-corrected chi connectivity index (χ4v) is 4.66. The van der Waals surface area contributed by atoms with Gasteiger partial charge in [-0.2, -0.15) is 5.10 Å². The lowest BCUT2D eigenvalue weighted by atomic mass is 9.87. The molecule has 0 unspecified atom stereocenters. The van der Waals surface area contributed by atoms with Gasteiger partial charge in [0.15, 0.2) is 11.0 Å². The second-order valence-corrected chi connectivity index (χ2v) is 11.1. The van der Waals surface area contributed by atoms with E-state index in [1.54, 1.807) is 13.2 Å². The number of nitrogens with zero attached hydrogens (tertiary/aromatic N) is 5. The second-order valence-electron chi connectivity index (χ2n) is 9.72. The van der Waals surface area contributed by atoms with Gasteiger partial charge < -0.3 is 4.74 Å². The average molecular weight is 579 g/mol. The highest BCUT2D eigenvalue weighted by atomic mass is 35.5. The standard InChI is InChI=1S/C28H27ClN6O4S/c1-28(2,3)20-8-6-19(7-9-20)26-32-33-27(34(26)21-10-12-22(39-4)13-11-21)40-17-25(36)31-30-16-18-5-14-23(29)24(15-18)35(37)38/h5-16H,17H2,1-4H3,(H,31,36)/b30-16-. The van der Waals surface area contributed by atoms with Crippen LogP contribution in [-0.4, -0.2) is 44.7 Å². The zero-order valence-corrected chi connectivity index (χ0v) is 23.9. The number of amides is 1. The van der Waals surface area contributed by atoms with E-state index in [9.17, 15) is 14.9 Å². The summed E-state index contributed by atoms with van der Waals surface area (Å²) < 4.78 is 7.19. The maximum absolute atomic E-state index is 12.5. The van der Waals surface area contributed by atoms with Gasteiger partial charge in [0, 0.05) is 22.9 Å². The normalized spacial score (nSPS) is 11.5. The number of hydrogen-bond acceptors (Lipinski definition) is 8. The Hall–Kier alpha value is -4.22. The van der Waals surface area contributed by atoms with E-state index in [-0.39, 0.29) is 27.8 Å². The Morgan fingerprint density at radius 1 is 1.12 bits per heavy atom. The van der Waals surface area contributed by atoms with Gasteiger partial charge in [-0.05, 0) is 41.3 Å². The summed E-state index contributed by atoms with van der Waals surface area (Å²) in [4.78, 5) is 23.0. The minimum absolute atomic E-state index is 0.00928. The van der Waals surface area contributed by atoms with Gasteiger partial charge >= 0.3 is 0 Å². The van der Waals surface area contributed by atoms with Crippen LogP contribution in [0.3, 0.4) is 0 Å². The van der Waals surface area contributed by atoms with Crippen molar-refractivity contribution in [3.63, 3.8) is 0 Å². The Labute approximate surface area is 240 Å². The lowest BCUT2D eigenvalue weighted by Crippen LogP contribution is -2.20. The molecule has 0 saturated carbocycles. The van der Waals surface area contributed by atoms with Gasteiger partial charge in [-0.3, -0.25) is 19.5 Å². The van der Waals surface area contributed by atoms with Gasteiger partial charge in [-0.15, -0.1) is 10.2 Å². The molecule has 0 fully saturated rings. The fraction of sp³-hybridized carbons (Fsp3) is 0.214. The molecule has 4 rings (SSSR count). The summed E-state index contributed by atoms with van der Waals surface area (Å²) in [5.74, 6) is 0.973. The number of aromatic nitrogens is 3. The quantitative estimate of drug-likeness (QED) is 0.111. The van der Waals surface area contributed by atoms with Gasteiger partial charge in [-0.1, -0.05) is 74.5 Å². The maximum Gasteiger partial charge on any atom is 0.288 e. The van der Waals surface area contributed by atoms with Crippen LogP contribution in [0.2, 0.25) is 5.02 Å². The predicted molar refractivity (Wildman–Crippen MR) is 157 cm³/mol. The number of hydrogen-bond donors (Lipinski definition) is 1. The number of halogens is 1. The van der Waals surface area contributed by atoms with Crippen LogP contribution in [0.1, 0.15) is 31.9 Å². The van der Waals surface area contributed by atoms with Gasteiger partial charge in [-0.25, -0.2) is 5.43 Å². The molecule has 4 aromatic rings. The number of carbonyl (C=O) groups excluding carboxylic acids is 1. The van der Waals surface area contributed by atoms with E-state index in [1.165, 1.54) is 35.7 Å². The number of rotatable bonds is 9. The number of nitro groups is 1. The zero-order valence-electron chi connectivity index (χ0n) is 22.3. The lowest BCUT2D eigenvalue weighted by Gasteiger charge is -2.19. The van der Waals surface area contributed by atoms with E-state index in [2.05, 4.69) is 53.6 Å².